The summed E-state index contributed by atoms with van der Waals surface area (Å²) in [6, 6.07) is 0. The molecule has 256 valence electrons. The van der Waals surface area contributed by atoms with E-state index in [0.717, 1.165) is 32.4 Å². The summed E-state index contributed by atoms with van der Waals surface area (Å²) in [6.45, 7) is 11.2. The molecule has 0 unspecified atom stereocenters. The van der Waals surface area contributed by atoms with E-state index in [2.05, 4.69) is 21.8 Å². The molecule has 4 N–H and O–H groups in total. The highest BCUT2D eigenvalue weighted by Gasteiger charge is 2.39. The zero-order chi connectivity index (χ0) is 32.8. The molecule has 0 spiro atoms. The highest BCUT2D eigenvalue weighted by Crippen LogP contribution is 2.36. The third kappa shape index (κ3) is 12.1. The minimum absolute atomic E-state index is 0.0144. The van der Waals surface area contributed by atoms with Crippen molar-refractivity contribution in [1.82, 2.24) is 9.80 Å². The van der Waals surface area contributed by atoms with Gasteiger partial charge in [-0.25, -0.2) is 9.98 Å². The fourth-order valence-corrected chi connectivity index (χ4v) is 6.15. The molecule has 0 aromatic heterocycles. The lowest BCUT2D eigenvalue weighted by atomic mass is 9.89. The van der Waals surface area contributed by atoms with Crippen molar-refractivity contribution in [3.05, 3.63) is 24.3 Å². The zero-order valence-corrected chi connectivity index (χ0v) is 27.9. The van der Waals surface area contributed by atoms with Crippen LogP contribution in [0.2, 0.25) is 0 Å². The number of unbranched alkanes of at least 4 members (excludes halogenated alkanes) is 3. The molecule has 1 aliphatic carbocycles. The average Bonchev–Trinajstić information content (AvgIpc) is 3.58. The number of aliphatic imine (C=N–C) groups is 2. The topological polar surface area (TPSA) is 148 Å². The molecule has 1 saturated carbocycles. The molecular formula is C34H58N4O7. The van der Waals surface area contributed by atoms with E-state index in [0.29, 0.717) is 70.1 Å². The number of carbonyl (C=O) groups excluding carboxylic acids is 1. The van der Waals surface area contributed by atoms with Gasteiger partial charge in [-0.1, -0.05) is 50.5 Å². The first-order chi connectivity index (χ1) is 21.5. The van der Waals surface area contributed by atoms with Gasteiger partial charge < -0.3 is 39.7 Å². The number of hydrogen-bond acceptors (Lipinski definition) is 10. The number of β-amino-alcohol motifs (C(OH)–C–C–N with tert-alkyl or cyclic N) is 1. The first kappa shape index (κ1) is 37.2. The van der Waals surface area contributed by atoms with E-state index in [-0.39, 0.29) is 30.9 Å². The Hall–Kier alpha value is -2.31. The molecule has 11 nitrogen and oxygen atoms in total. The number of amides is 1. The van der Waals surface area contributed by atoms with Gasteiger partial charge in [0.1, 0.15) is 19.4 Å². The van der Waals surface area contributed by atoms with Gasteiger partial charge in [0.2, 0.25) is 5.91 Å². The maximum absolute atomic E-state index is 13.2. The smallest absolute Gasteiger partial charge is 0.254 e. The normalized spacial score (nSPS) is 25.6. The number of carbonyl (C=O) groups is 1. The highest BCUT2D eigenvalue weighted by atomic mass is 16.5. The van der Waals surface area contributed by atoms with Gasteiger partial charge >= 0.3 is 0 Å². The molecule has 3 aliphatic rings. The van der Waals surface area contributed by atoms with E-state index in [1.807, 2.05) is 39.0 Å². The van der Waals surface area contributed by atoms with Crippen LogP contribution in [0, 0.1) is 11.8 Å². The third-order valence-corrected chi connectivity index (χ3v) is 8.76. The van der Waals surface area contributed by atoms with Crippen molar-refractivity contribution in [2.75, 3.05) is 46.1 Å². The largest absolute Gasteiger partial charge is 0.472 e. The molecule has 6 atom stereocenters. The molecule has 2 aliphatic heterocycles. The van der Waals surface area contributed by atoms with E-state index in [1.54, 1.807) is 11.0 Å². The number of morpholine rings is 1. The lowest BCUT2D eigenvalue weighted by Gasteiger charge is -2.37. The molecule has 1 saturated heterocycles. The van der Waals surface area contributed by atoms with Crippen LogP contribution in [0.15, 0.2) is 34.3 Å². The number of ether oxygens (including phenoxy) is 2. The van der Waals surface area contributed by atoms with Crippen molar-refractivity contribution in [3.8, 4) is 0 Å². The SMILES string of the molecule is CCCCC[C@H](O)/C=C/[C@@H]1[C@@H](C/C=C\CCCC(=O)N(C[C@H](O)COC2=NCN=C2N2CCOCC2)C(C)(C)C)[C@@H](O)C[C@H]1O. The van der Waals surface area contributed by atoms with Gasteiger partial charge in [-0.05, 0) is 52.4 Å². The van der Waals surface area contributed by atoms with Crippen molar-refractivity contribution in [3.63, 3.8) is 0 Å². The lowest BCUT2D eigenvalue weighted by molar-refractivity contribution is -0.138. The summed E-state index contributed by atoms with van der Waals surface area (Å²) in [5.74, 6) is 0.800. The van der Waals surface area contributed by atoms with Crippen LogP contribution in [0.4, 0.5) is 0 Å². The Kier molecular flexibility index (Phi) is 15.5. The Morgan fingerprint density at radius 2 is 1.87 bits per heavy atom. The second kappa shape index (κ2) is 18.7. The van der Waals surface area contributed by atoms with Crippen LogP contribution in [0.1, 0.15) is 85.5 Å². The maximum atomic E-state index is 13.2. The molecule has 3 rings (SSSR count). The van der Waals surface area contributed by atoms with Crippen LogP contribution < -0.4 is 0 Å². The van der Waals surface area contributed by atoms with Gasteiger partial charge in [-0.2, -0.15) is 0 Å². The Morgan fingerprint density at radius 1 is 1.11 bits per heavy atom. The van der Waals surface area contributed by atoms with Crippen LogP contribution in [-0.2, 0) is 14.3 Å². The predicted octanol–water partition coefficient (Wildman–Crippen LogP) is 3.06. The Morgan fingerprint density at radius 3 is 2.58 bits per heavy atom. The predicted molar refractivity (Wildman–Crippen MR) is 176 cm³/mol. The Labute approximate surface area is 269 Å². The number of nitrogens with zero attached hydrogens (tertiary/aromatic N) is 4. The van der Waals surface area contributed by atoms with E-state index in [4.69, 9.17) is 9.47 Å². The molecule has 0 bridgehead atoms. The second-order valence-corrected chi connectivity index (χ2v) is 13.5. The van der Waals surface area contributed by atoms with Gasteiger partial charge in [0.05, 0.1) is 38.1 Å². The molecule has 11 heteroatoms. The fraction of sp³-hybridized carbons (Fsp3) is 0.794. The van der Waals surface area contributed by atoms with Crippen molar-refractivity contribution in [2.24, 2.45) is 21.8 Å². The molecular weight excluding hydrogens is 576 g/mol. The van der Waals surface area contributed by atoms with E-state index < -0.39 is 30.0 Å². The fourth-order valence-electron chi connectivity index (χ4n) is 6.15. The van der Waals surface area contributed by atoms with Crippen LogP contribution in [-0.4, -0.2) is 124 Å². The number of aliphatic hydroxyl groups excluding tert-OH is 4. The lowest BCUT2D eigenvalue weighted by Crippen LogP contribution is -2.50. The van der Waals surface area contributed by atoms with Crippen molar-refractivity contribution in [2.45, 2.75) is 115 Å². The summed E-state index contributed by atoms with van der Waals surface area (Å²) in [6.07, 6.45) is 11.6. The van der Waals surface area contributed by atoms with Crippen molar-refractivity contribution >= 4 is 17.6 Å². The summed E-state index contributed by atoms with van der Waals surface area (Å²) in [4.78, 5) is 25.8. The number of allylic oxidation sites excluding steroid dienone is 2. The maximum Gasteiger partial charge on any atom is 0.254 e. The third-order valence-electron chi connectivity index (χ3n) is 8.76. The average molecular weight is 635 g/mol. The molecule has 0 aromatic rings. The first-order valence-corrected chi connectivity index (χ1v) is 16.9. The van der Waals surface area contributed by atoms with Crippen LogP contribution >= 0.6 is 0 Å². The Bertz CT molecular complexity index is 1020. The minimum Gasteiger partial charge on any atom is -0.472 e. The van der Waals surface area contributed by atoms with Crippen LogP contribution in [0.3, 0.4) is 0 Å². The van der Waals surface area contributed by atoms with Gasteiger partial charge in [0.25, 0.3) is 5.90 Å². The molecule has 0 aromatic carbocycles. The second-order valence-electron chi connectivity index (χ2n) is 13.5. The quantitative estimate of drug-likeness (QED) is 0.150. The van der Waals surface area contributed by atoms with Gasteiger partial charge in [-0.3, -0.25) is 4.79 Å². The van der Waals surface area contributed by atoms with E-state index >= 15 is 0 Å². The summed E-state index contributed by atoms with van der Waals surface area (Å²) in [5, 5.41) is 42.1. The zero-order valence-electron chi connectivity index (χ0n) is 27.9. The standard InChI is InChI=1S/C34H58N4O7/c1-5-6-9-12-25(39)15-16-28-27(29(41)21-30(28)42)13-10-7-8-11-14-31(43)38(34(2,3)4)22-26(40)23-45-33-32(35-24-36-33)37-17-19-44-20-18-37/h7,10,15-16,25-30,39-42H,5-6,8-9,11-14,17-24H2,1-4H3/b10-7-,16-15+/t25-,26-,27+,28+,29-,30+/m0/s1. The summed E-state index contributed by atoms with van der Waals surface area (Å²) >= 11 is 0. The van der Waals surface area contributed by atoms with Gasteiger partial charge in [0.15, 0.2) is 5.84 Å². The number of amidine groups is 1. The summed E-state index contributed by atoms with van der Waals surface area (Å²) in [7, 11) is 0. The van der Waals surface area contributed by atoms with E-state index in [1.165, 1.54) is 0 Å². The van der Waals surface area contributed by atoms with Crippen LogP contribution in [0.25, 0.3) is 0 Å². The van der Waals surface area contributed by atoms with E-state index in [9.17, 15) is 25.2 Å². The number of aliphatic hydroxyl groups is 4. The first-order valence-electron chi connectivity index (χ1n) is 16.9. The van der Waals surface area contributed by atoms with Crippen LogP contribution in [0.5, 0.6) is 0 Å². The van der Waals surface area contributed by atoms with Crippen molar-refractivity contribution in [1.29, 1.82) is 0 Å². The van der Waals surface area contributed by atoms with Gasteiger partial charge in [0, 0.05) is 37.4 Å². The molecule has 1 amide bonds. The summed E-state index contributed by atoms with van der Waals surface area (Å²) < 4.78 is 11.3. The highest BCUT2D eigenvalue weighted by molar-refractivity contribution is 6.38. The molecule has 0 radical (unpaired) electrons. The van der Waals surface area contributed by atoms with Gasteiger partial charge in [-0.15, -0.1) is 0 Å². The summed E-state index contributed by atoms with van der Waals surface area (Å²) in [5.41, 5.74) is -0.468. The molecule has 2 heterocycles. The number of rotatable bonds is 16. The Balaban J connectivity index is 1.41. The minimum atomic E-state index is -0.880. The number of hydrogen-bond donors (Lipinski definition) is 4. The van der Waals surface area contributed by atoms with Crippen molar-refractivity contribution < 1.29 is 34.7 Å². The molecule has 45 heavy (non-hydrogen) atoms. The monoisotopic (exact) mass is 634 g/mol. The molecule has 2 fully saturated rings.